The molecule has 1 aromatic carbocycles. The number of nitrogens with zero attached hydrogens (tertiary/aromatic N) is 2. The Labute approximate surface area is 174 Å². The number of aryl methyl sites for hydroxylation is 1. The van der Waals surface area contributed by atoms with Gasteiger partial charge in [-0.25, -0.2) is 9.37 Å². The van der Waals surface area contributed by atoms with Gasteiger partial charge in [-0.2, -0.15) is 0 Å². The predicted molar refractivity (Wildman–Crippen MR) is 111 cm³/mol. The summed E-state index contributed by atoms with van der Waals surface area (Å²) in [5, 5.41) is 2.91. The summed E-state index contributed by atoms with van der Waals surface area (Å²) in [6, 6.07) is 5.54. The lowest BCUT2D eigenvalue weighted by Crippen LogP contribution is -2.32. The zero-order valence-corrected chi connectivity index (χ0v) is 17.5. The summed E-state index contributed by atoms with van der Waals surface area (Å²) >= 11 is 0. The largest absolute Gasteiger partial charge is 0.354 e. The van der Waals surface area contributed by atoms with Crippen LogP contribution >= 0.6 is 0 Å². The molecule has 2 heterocycles. The number of hydrogen-bond acceptors (Lipinski definition) is 3. The lowest BCUT2D eigenvalue weighted by atomic mass is 9.75. The van der Waals surface area contributed by atoms with E-state index in [0.717, 1.165) is 5.69 Å². The van der Waals surface area contributed by atoms with Crippen molar-refractivity contribution in [2.24, 2.45) is 12.5 Å². The van der Waals surface area contributed by atoms with E-state index in [2.05, 4.69) is 15.3 Å². The Morgan fingerprint density at radius 3 is 2.70 bits per heavy atom. The third-order valence-electron chi connectivity index (χ3n) is 5.74. The van der Waals surface area contributed by atoms with Gasteiger partial charge in [0.05, 0.1) is 0 Å². The van der Waals surface area contributed by atoms with Crippen molar-refractivity contribution in [2.45, 2.75) is 39.7 Å². The minimum Gasteiger partial charge on any atom is -0.354 e. The molecule has 0 aliphatic heterocycles. The van der Waals surface area contributed by atoms with Gasteiger partial charge in [0.15, 0.2) is 5.78 Å². The molecule has 156 valence electrons. The predicted octanol–water partition coefficient (Wildman–Crippen LogP) is 3.87. The van der Waals surface area contributed by atoms with Crippen LogP contribution in [0.4, 0.5) is 4.39 Å². The van der Waals surface area contributed by atoms with Crippen molar-refractivity contribution < 1.29 is 14.0 Å². The number of aromatic nitrogens is 3. The summed E-state index contributed by atoms with van der Waals surface area (Å²) in [4.78, 5) is 33.4. The van der Waals surface area contributed by atoms with Gasteiger partial charge in [0.25, 0.3) is 5.91 Å². The number of amides is 1. The maximum absolute atomic E-state index is 14.6. The second kappa shape index (κ2) is 7.23. The molecule has 1 amide bonds. The van der Waals surface area contributed by atoms with Gasteiger partial charge in [-0.3, -0.25) is 9.59 Å². The molecule has 0 saturated heterocycles. The Bertz CT molecular complexity index is 1140. The molecule has 3 aromatic rings. The molecule has 0 radical (unpaired) electrons. The number of halogens is 1. The molecular weight excluding hydrogens is 383 g/mol. The van der Waals surface area contributed by atoms with Crippen LogP contribution < -0.4 is 5.32 Å². The molecule has 0 bridgehead atoms. The van der Waals surface area contributed by atoms with E-state index in [1.165, 1.54) is 6.07 Å². The molecule has 1 atom stereocenters. The number of nitrogens with one attached hydrogen (secondary N) is 2. The molecule has 30 heavy (non-hydrogen) atoms. The molecule has 0 saturated carbocycles. The van der Waals surface area contributed by atoms with E-state index >= 15 is 0 Å². The molecule has 4 rings (SSSR count). The van der Waals surface area contributed by atoms with E-state index in [0.29, 0.717) is 41.1 Å². The minimum absolute atomic E-state index is 0.0452. The average Bonchev–Trinajstić information content (AvgIpc) is 3.22. The molecule has 2 N–H and O–H groups in total. The fourth-order valence-corrected chi connectivity index (χ4v) is 4.31. The highest BCUT2D eigenvalue weighted by atomic mass is 19.1. The van der Waals surface area contributed by atoms with Crippen molar-refractivity contribution in [3.63, 3.8) is 0 Å². The number of hydrogen-bond donors (Lipinski definition) is 2. The molecule has 7 heteroatoms. The van der Waals surface area contributed by atoms with Crippen LogP contribution in [0.15, 0.2) is 36.7 Å². The van der Waals surface area contributed by atoms with Gasteiger partial charge in [0, 0.05) is 42.7 Å². The monoisotopic (exact) mass is 408 g/mol. The van der Waals surface area contributed by atoms with Gasteiger partial charge in [-0.05, 0) is 30.4 Å². The number of fused-ring (bicyclic) bond motifs is 1. The SMILES string of the molecule is Cc1c(C(=O)N[C@H](c2ccccc2F)c2nccn2C)[nH]c2c1C(=O)CC(C)(C)C2. The van der Waals surface area contributed by atoms with Crippen LogP contribution in [0.3, 0.4) is 0 Å². The zero-order valence-electron chi connectivity index (χ0n) is 17.5. The highest BCUT2D eigenvalue weighted by Crippen LogP contribution is 2.37. The van der Waals surface area contributed by atoms with Gasteiger partial charge in [0.2, 0.25) is 0 Å². The summed E-state index contributed by atoms with van der Waals surface area (Å²) in [6.45, 7) is 5.86. The summed E-state index contributed by atoms with van der Waals surface area (Å²) < 4.78 is 16.3. The van der Waals surface area contributed by atoms with E-state index in [9.17, 15) is 14.0 Å². The highest BCUT2D eigenvalue weighted by Gasteiger charge is 2.36. The van der Waals surface area contributed by atoms with Crippen LogP contribution in [-0.2, 0) is 13.5 Å². The van der Waals surface area contributed by atoms with Crippen molar-refractivity contribution in [1.82, 2.24) is 19.9 Å². The minimum atomic E-state index is -0.773. The Morgan fingerprint density at radius 1 is 1.30 bits per heavy atom. The first kappa shape index (κ1) is 20.1. The number of H-pyrrole nitrogens is 1. The molecule has 1 aliphatic carbocycles. The number of ketones is 1. The van der Waals surface area contributed by atoms with Crippen LogP contribution in [0.25, 0.3) is 0 Å². The van der Waals surface area contributed by atoms with E-state index in [1.807, 2.05) is 13.8 Å². The third kappa shape index (κ3) is 3.44. The van der Waals surface area contributed by atoms with E-state index in [-0.39, 0.29) is 11.2 Å². The van der Waals surface area contributed by atoms with Crippen molar-refractivity contribution in [1.29, 1.82) is 0 Å². The number of Topliss-reactive ketones (excluding diaryl/α,β-unsaturated/α-hetero) is 1. The zero-order chi connectivity index (χ0) is 21.6. The van der Waals surface area contributed by atoms with Crippen molar-refractivity contribution in [3.8, 4) is 0 Å². The molecule has 6 nitrogen and oxygen atoms in total. The Hall–Kier alpha value is -3.22. The van der Waals surface area contributed by atoms with Crippen LogP contribution in [0, 0.1) is 18.2 Å². The van der Waals surface area contributed by atoms with E-state index in [1.54, 1.807) is 49.1 Å². The topological polar surface area (TPSA) is 79.8 Å². The molecule has 0 unspecified atom stereocenters. The molecule has 0 fully saturated rings. The van der Waals surface area contributed by atoms with Crippen molar-refractivity contribution >= 4 is 11.7 Å². The fourth-order valence-electron chi connectivity index (χ4n) is 4.31. The standard InChI is InChI=1S/C23H25FN4O2/c1-13-18-16(11-23(2,3)12-17(18)29)26-19(13)22(30)27-20(21-25-9-10-28(21)4)14-7-5-6-8-15(14)24/h5-10,20,26H,11-12H2,1-4H3,(H,27,30)/t20-/m1/s1. The van der Waals surface area contributed by atoms with Gasteiger partial charge < -0.3 is 14.9 Å². The summed E-state index contributed by atoms with van der Waals surface area (Å²) in [5.41, 5.74) is 2.54. The molecule has 1 aliphatic rings. The molecular formula is C23H25FN4O2. The van der Waals surface area contributed by atoms with E-state index in [4.69, 9.17) is 0 Å². The maximum atomic E-state index is 14.6. The highest BCUT2D eigenvalue weighted by molar-refractivity contribution is 6.04. The number of rotatable bonds is 4. The Morgan fingerprint density at radius 2 is 2.03 bits per heavy atom. The van der Waals surface area contributed by atoms with Crippen LogP contribution in [-0.4, -0.2) is 26.2 Å². The van der Waals surface area contributed by atoms with Gasteiger partial charge >= 0.3 is 0 Å². The normalized spacial score (nSPS) is 16.2. The second-order valence-electron chi connectivity index (χ2n) is 8.74. The number of aromatic amines is 1. The first-order valence-corrected chi connectivity index (χ1v) is 9.95. The van der Waals surface area contributed by atoms with Gasteiger partial charge in [0.1, 0.15) is 23.4 Å². The lowest BCUT2D eigenvalue weighted by molar-refractivity contribution is 0.0909. The van der Waals surface area contributed by atoms with Crippen LogP contribution in [0.2, 0.25) is 0 Å². The number of carbonyl (C=O) groups excluding carboxylic acids is 2. The molecule has 0 spiro atoms. The second-order valence-corrected chi connectivity index (χ2v) is 8.74. The van der Waals surface area contributed by atoms with Crippen molar-refractivity contribution in [3.05, 3.63) is 76.4 Å². The first-order chi connectivity index (χ1) is 14.2. The Kier molecular flexibility index (Phi) is 4.84. The lowest BCUT2D eigenvalue weighted by Gasteiger charge is -2.28. The third-order valence-corrected chi connectivity index (χ3v) is 5.74. The van der Waals surface area contributed by atoms with Crippen LogP contribution in [0.5, 0.6) is 0 Å². The molecule has 2 aromatic heterocycles. The maximum Gasteiger partial charge on any atom is 0.268 e. The summed E-state index contributed by atoms with van der Waals surface area (Å²) in [7, 11) is 1.79. The van der Waals surface area contributed by atoms with Crippen molar-refractivity contribution in [2.75, 3.05) is 0 Å². The summed E-state index contributed by atoms with van der Waals surface area (Å²) in [5.74, 6) is -0.266. The quantitative estimate of drug-likeness (QED) is 0.688. The van der Waals surface area contributed by atoms with Gasteiger partial charge in [-0.1, -0.05) is 32.0 Å². The van der Waals surface area contributed by atoms with Crippen LogP contribution in [0.1, 0.15) is 69.8 Å². The van der Waals surface area contributed by atoms with Gasteiger partial charge in [-0.15, -0.1) is 0 Å². The number of benzene rings is 1. The van der Waals surface area contributed by atoms with E-state index < -0.39 is 17.8 Å². The summed E-state index contributed by atoms with van der Waals surface area (Å²) in [6.07, 6.45) is 4.49. The number of imidazole rings is 1. The fraction of sp³-hybridized carbons (Fsp3) is 0.348. The average molecular weight is 408 g/mol. The smallest absolute Gasteiger partial charge is 0.268 e. The Balaban J connectivity index is 1.72. The first-order valence-electron chi connectivity index (χ1n) is 9.95. The number of carbonyl (C=O) groups is 2.